The van der Waals surface area contributed by atoms with Crippen molar-refractivity contribution in [3.05, 3.63) is 71.5 Å². The van der Waals surface area contributed by atoms with Gasteiger partial charge in [0.1, 0.15) is 0 Å². The van der Waals surface area contributed by atoms with Gasteiger partial charge in [-0.3, -0.25) is 4.90 Å². The fourth-order valence-corrected chi connectivity index (χ4v) is 19.0. The molecule has 5 saturated carbocycles. The first-order chi connectivity index (χ1) is 29.0. The van der Waals surface area contributed by atoms with Crippen molar-refractivity contribution in [2.45, 2.75) is 205 Å². The van der Waals surface area contributed by atoms with Gasteiger partial charge in [0.15, 0.2) is 0 Å². The van der Waals surface area contributed by atoms with Crippen LogP contribution in [0.2, 0.25) is 0 Å². The highest BCUT2D eigenvalue weighted by molar-refractivity contribution is 5.39. The molecule has 320 valence electrons. The van der Waals surface area contributed by atoms with Gasteiger partial charge >= 0.3 is 0 Å². The van der Waals surface area contributed by atoms with E-state index in [9.17, 15) is 0 Å². The second-order valence-corrected chi connectivity index (χ2v) is 24.0. The zero-order valence-corrected chi connectivity index (χ0v) is 37.6. The summed E-state index contributed by atoms with van der Waals surface area (Å²) in [5.41, 5.74) is 6.06. The summed E-state index contributed by atoms with van der Waals surface area (Å²) in [6.07, 6.45) is 59.5. The normalized spacial score (nSPS) is 48.8. The van der Waals surface area contributed by atoms with Gasteiger partial charge in [-0.1, -0.05) is 86.9 Å². The molecule has 2 aliphatic heterocycles. The molecule has 17 atom stereocenters. The SMILES string of the molecule is CC1(C)C2CCCCC2C2C[C@H](N3C4C=CCCC4C4CC(C5CCC6C(C5)C5=C(CCC=C5)N6C5CC(C6C=CCCC6)=CC(C6CC=CCC6)C5)CCC43)CCC21. The summed E-state index contributed by atoms with van der Waals surface area (Å²) in [5, 5.41) is 0. The van der Waals surface area contributed by atoms with E-state index in [0.29, 0.717) is 11.3 Å². The van der Waals surface area contributed by atoms with Crippen LogP contribution in [-0.4, -0.2) is 40.0 Å². The molecule has 16 unspecified atom stereocenters. The molecular formula is C57H82N2. The van der Waals surface area contributed by atoms with Gasteiger partial charge in [-0.2, -0.15) is 0 Å². The lowest BCUT2D eigenvalue weighted by molar-refractivity contribution is 0.0200. The van der Waals surface area contributed by atoms with Gasteiger partial charge in [0, 0.05) is 41.8 Å². The molecule has 2 heteroatoms. The maximum Gasteiger partial charge on any atom is 0.0359 e. The van der Waals surface area contributed by atoms with E-state index in [1.54, 1.807) is 19.3 Å². The number of rotatable bonds is 5. The van der Waals surface area contributed by atoms with E-state index < -0.39 is 0 Å². The summed E-state index contributed by atoms with van der Waals surface area (Å²) >= 11 is 0. The smallest absolute Gasteiger partial charge is 0.0359 e. The summed E-state index contributed by atoms with van der Waals surface area (Å²) in [6, 6.07) is 3.96. The maximum atomic E-state index is 3.28. The van der Waals surface area contributed by atoms with Crippen molar-refractivity contribution in [1.29, 1.82) is 0 Å². The minimum absolute atomic E-state index is 0.581. The molecular weight excluding hydrogens is 713 g/mol. The van der Waals surface area contributed by atoms with E-state index in [4.69, 9.17) is 0 Å². The van der Waals surface area contributed by atoms with Crippen LogP contribution < -0.4 is 0 Å². The molecule has 12 rings (SSSR count). The fourth-order valence-electron chi connectivity index (χ4n) is 19.0. The highest BCUT2D eigenvalue weighted by Crippen LogP contribution is 2.65. The second kappa shape index (κ2) is 15.8. The largest absolute Gasteiger partial charge is 0.368 e. The molecule has 59 heavy (non-hydrogen) atoms. The Morgan fingerprint density at radius 1 is 0.576 bits per heavy atom. The van der Waals surface area contributed by atoms with Crippen LogP contribution in [0.1, 0.15) is 174 Å². The molecule has 1 saturated heterocycles. The van der Waals surface area contributed by atoms with Crippen molar-refractivity contribution in [3.63, 3.8) is 0 Å². The average Bonchev–Trinajstić information content (AvgIpc) is 3.89. The third-order valence-corrected chi connectivity index (χ3v) is 21.4. The van der Waals surface area contributed by atoms with Gasteiger partial charge in [0.25, 0.3) is 0 Å². The average molecular weight is 795 g/mol. The molecule has 0 aromatic heterocycles. The molecule has 0 bridgehead atoms. The van der Waals surface area contributed by atoms with Crippen LogP contribution >= 0.6 is 0 Å². The Hall–Kier alpha value is -1.80. The summed E-state index contributed by atoms with van der Waals surface area (Å²) in [4.78, 5) is 6.47. The third-order valence-electron chi connectivity index (χ3n) is 21.4. The summed E-state index contributed by atoms with van der Waals surface area (Å²) < 4.78 is 0. The van der Waals surface area contributed by atoms with Crippen molar-refractivity contribution >= 4 is 0 Å². The Morgan fingerprint density at radius 3 is 2.31 bits per heavy atom. The van der Waals surface area contributed by atoms with E-state index in [-0.39, 0.29) is 0 Å². The van der Waals surface area contributed by atoms with Gasteiger partial charge in [0.2, 0.25) is 0 Å². The van der Waals surface area contributed by atoms with Crippen molar-refractivity contribution in [1.82, 2.24) is 9.80 Å². The first kappa shape index (κ1) is 38.8. The van der Waals surface area contributed by atoms with Gasteiger partial charge in [0.05, 0.1) is 0 Å². The number of fused-ring (bicyclic) bond motifs is 8. The topological polar surface area (TPSA) is 6.48 Å². The molecule has 0 radical (unpaired) electrons. The monoisotopic (exact) mass is 795 g/mol. The van der Waals surface area contributed by atoms with Crippen molar-refractivity contribution in [2.75, 3.05) is 0 Å². The molecule has 12 aliphatic rings. The minimum atomic E-state index is 0.581. The summed E-state index contributed by atoms with van der Waals surface area (Å²) in [7, 11) is 0. The van der Waals surface area contributed by atoms with E-state index >= 15 is 0 Å². The van der Waals surface area contributed by atoms with Gasteiger partial charge in [-0.05, 0) is 224 Å². The van der Waals surface area contributed by atoms with Crippen LogP contribution in [0.25, 0.3) is 0 Å². The van der Waals surface area contributed by atoms with Crippen LogP contribution in [0.4, 0.5) is 0 Å². The van der Waals surface area contributed by atoms with Crippen LogP contribution in [0, 0.1) is 76.4 Å². The molecule has 6 fully saturated rings. The minimum Gasteiger partial charge on any atom is -0.368 e. The standard InChI is InChI=1S/C57H82N2/c1-57(2)51-22-12-9-19-45(51)48-36-43(27-28-52(48)57)58-53-23-13-10-20-46(53)49-34-39(25-29-55(49)58)40-26-30-56-50(35-40)47-21-11-14-24-54(47)59(56)44-32-41(37-15-5-3-6-16-37)31-42(33-44)38-17-7-4-8-18-38/h3,5,7,11,13,17,21,23,31,37-41,43-46,48-53,55-56H,4,6,8-10,12,14-16,18-20,22,24-30,32-36H2,1-2H3/t37?,38?,39?,40?,41?,43-,44?,45?,46?,48?,49?,50?,51?,52?,53?,55?,56?/m1/s1. The van der Waals surface area contributed by atoms with Crippen LogP contribution in [0.5, 0.6) is 0 Å². The van der Waals surface area contributed by atoms with Crippen LogP contribution in [-0.2, 0) is 0 Å². The quantitative estimate of drug-likeness (QED) is 0.256. The molecule has 0 aromatic carbocycles. The van der Waals surface area contributed by atoms with E-state index in [2.05, 4.69) is 78.3 Å². The van der Waals surface area contributed by atoms with Crippen molar-refractivity contribution in [2.24, 2.45) is 76.4 Å². The Kier molecular flexibility index (Phi) is 10.4. The number of nitrogens with zero attached hydrogens (tertiary/aromatic N) is 2. The van der Waals surface area contributed by atoms with Gasteiger partial charge in [-0.25, -0.2) is 0 Å². The number of hydrogen-bond acceptors (Lipinski definition) is 2. The van der Waals surface area contributed by atoms with E-state index in [0.717, 1.165) is 95.3 Å². The third kappa shape index (κ3) is 6.60. The number of likely N-dealkylation sites (tertiary alicyclic amines) is 1. The second-order valence-electron chi connectivity index (χ2n) is 24.0. The molecule has 0 amide bonds. The fraction of sp³-hybridized carbons (Fsp3) is 0.789. The lowest BCUT2D eigenvalue weighted by Crippen LogP contribution is -2.50. The molecule has 0 aromatic rings. The lowest BCUT2D eigenvalue weighted by atomic mass is 9.63. The zero-order chi connectivity index (χ0) is 39.2. The van der Waals surface area contributed by atoms with Crippen LogP contribution in [0.3, 0.4) is 0 Å². The Bertz CT molecular complexity index is 1750. The highest BCUT2D eigenvalue weighted by Gasteiger charge is 2.60. The maximum absolute atomic E-state index is 3.28. The Labute approximate surface area is 360 Å². The van der Waals surface area contributed by atoms with Gasteiger partial charge < -0.3 is 4.90 Å². The molecule has 2 nitrogen and oxygen atoms in total. The molecule has 0 spiro atoms. The lowest BCUT2D eigenvalue weighted by Gasteiger charge is -2.49. The highest BCUT2D eigenvalue weighted by atomic mass is 15.3. The summed E-state index contributed by atoms with van der Waals surface area (Å²) in [5.74, 6) is 11.0. The summed E-state index contributed by atoms with van der Waals surface area (Å²) in [6.45, 7) is 5.41. The van der Waals surface area contributed by atoms with Gasteiger partial charge in [-0.15, -0.1) is 0 Å². The van der Waals surface area contributed by atoms with E-state index in [1.807, 2.05) is 16.8 Å². The van der Waals surface area contributed by atoms with Crippen molar-refractivity contribution < 1.29 is 0 Å². The van der Waals surface area contributed by atoms with Crippen molar-refractivity contribution in [3.8, 4) is 0 Å². The number of hydrogen-bond donors (Lipinski definition) is 0. The van der Waals surface area contributed by atoms with E-state index in [1.165, 1.54) is 141 Å². The zero-order valence-electron chi connectivity index (χ0n) is 37.6. The Balaban J connectivity index is 0.764. The van der Waals surface area contributed by atoms with Crippen LogP contribution in [0.15, 0.2) is 71.5 Å². The first-order valence-electron chi connectivity index (χ1n) is 26.7. The first-order valence-corrected chi connectivity index (χ1v) is 26.7. The number of allylic oxidation sites excluding steroid dienone is 9. The Morgan fingerprint density at radius 2 is 1.42 bits per heavy atom. The predicted octanol–water partition coefficient (Wildman–Crippen LogP) is 14.2. The molecule has 2 heterocycles. The molecule has 10 aliphatic carbocycles. The molecule has 0 N–H and O–H groups in total. The predicted molar refractivity (Wildman–Crippen MR) is 245 cm³/mol.